The molecule has 0 aromatic heterocycles. The number of benzene rings is 1. The lowest BCUT2D eigenvalue weighted by Gasteiger charge is -2.35. The van der Waals surface area contributed by atoms with Crippen molar-refractivity contribution in [1.29, 1.82) is 0 Å². The van der Waals surface area contributed by atoms with Crippen molar-refractivity contribution in [3.8, 4) is 5.75 Å². The minimum atomic E-state index is -6.43. The number of alkyl halides is 6. The second kappa shape index (κ2) is 6.79. The van der Waals surface area contributed by atoms with Gasteiger partial charge in [0.25, 0.3) is 10.1 Å². The SMILES string of the molecule is O=C(OC(CS(=O)(=O)O)(C(F)(F)F)C(F)(F)F)c1ccc(I)cc1O. The monoisotopic (exact) mass is 508 g/mol. The third kappa shape index (κ3) is 4.87. The van der Waals surface area contributed by atoms with E-state index in [4.69, 9.17) is 4.55 Å². The molecule has 0 spiro atoms. The largest absolute Gasteiger partial charge is 0.507 e. The molecule has 0 aliphatic rings. The topological polar surface area (TPSA) is 101 Å². The second-order valence-corrected chi connectivity index (χ2v) is 7.30. The van der Waals surface area contributed by atoms with Crippen LogP contribution in [0.4, 0.5) is 26.3 Å². The summed E-state index contributed by atoms with van der Waals surface area (Å²) in [5.41, 5.74) is -6.59. The lowest BCUT2D eigenvalue weighted by molar-refractivity contribution is -0.356. The molecule has 0 atom stereocenters. The summed E-state index contributed by atoms with van der Waals surface area (Å²) >= 11 is 1.63. The zero-order valence-corrected chi connectivity index (χ0v) is 14.5. The van der Waals surface area contributed by atoms with Crippen LogP contribution in [0.2, 0.25) is 0 Å². The van der Waals surface area contributed by atoms with Gasteiger partial charge in [0.15, 0.2) is 0 Å². The van der Waals surface area contributed by atoms with Gasteiger partial charge < -0.3 is 9.84 Å². The molecule has 0 saturated heterocycles. The van der Waals surface area contributed by atoms with E-state index in [0.717, 1.165) is 12.1 Å². The van der Waals surface area contributed by atoms with Crippen molar-refractivity contribution in [3.05, 3.63) is 27.3 Å². The minimum absolute atomic E-state index is 0.294. The number of phenols is 1. The molecule has 1 aromatic rings. The Hall–Kier alpha value is -1.29. The highest BCUT2D eigenvalue weighted by Crippen LogP contribution is 2.47. The van der Waals surface area contributed by atoms with E-state index in [0.29, 0.717) is 9.64 Å². The van der Waals surface area contributed by atoms with Gasteiger partial charge >= 0.3 is 23.9 Å². The van der Waals surface area contributed by atoms with E-state index in [2.05, 4.69) is 4.74 Å². The Morgan fingerprint density at radius 3 is 1.96 bits per heavy atom. The maximum absolute atomic E-state index is 13.0. The number of aromatic hydroxyl groups is 1. The number of carbonyl (C=O) groups is 1. The van der Waals surface area contributed by atoms with Crippen molar-refractivity contribution in [2.24, 2.45) is 0 Å². The van der Waals surface area contributed by atoms with Gasteiger partial charge in [-0.2, -0.15) is 34.8 Å². The molecule has 0 bridgehead atoms. The lowest BCUT2D eigenvalue weighted by Crippen LogP contribution is -2.63. The molecule has 2 N–H and O–H groups in total. The summed E-state index contributed by atoms with van der Waals surface area (Å²) < 4.78 is 112. The van der Waals surface area contributed by atoms with E-state index in [1.54, 1.807) is 22.6 Å². The fourth-order valence-corrected chi connectivity index (χ4v) is 2.99. The van der Waals surface area contributed by atoms with Gasteiger partial charge in [0.05, 0.1) is 0 Å². The van der Waals surface area contributed by atoms with Crippen LogP contribution in [0.5, 0.6) is 5.75 Å². The van der Waals surface area contributed by atoms with E-state index >= 15 is 0 Å². The number of esters is 1. The Morgan fingerprint density at radius 2 is 1.60 bits per heavy atom. The van der Waals surface area contributed by atoms with Gasteiger partial charge in [-0.1, -0.05) is 0 Å². The van der Waals surface area contributed by atoms with Crippen LogP contribution in [0.15, 0.2) is 18.2 Å². The average Bonchev–Trinajstić information content (AvgIpc) is 2.33. The second-order valence-electron chi connectivity index (χ2n) is 4.60. The predicted octanol–water partition coefficient (Wildman–Crippen LogP) is 2.90. The van der Waals surface area contributed by atoms with E-state index in [-0.39, 0.29) is 0 Å². The molecule has 0 saturated carbocycles. The van der Waals surface area contributed by atoms with Crippen LogP contribution in [-0.4, -0.2) is 47.8 Å². The summed E-state index contributed by atoms with van der Waals surface area (Å²) in [6, 6.07) is 2.61. The fraction of sp³-hybridized carbons (Fsp3) is 0.364. The van der Waals surface area contributed by atoms with Gasteiger partial charge in [-0.3, -0.25) is 4.55 Å². The highest BCUT2D eigenvalue weighted by atomic mass is 127. The van der Waals surface area contributed by atoms with Gasteiger partial charge in [-0.15, -0.1) is 0 Å². The Balaban J connectivity index is 3.50. The molecule has 25 heavy (non-hydrogen) atoms. The summed E-state index contributed by atoms with van der Waals surface area (Å²) in [4.78, 5) is 11.7. The quantitative estimate of drug-likeness (QED) is 0.281. The molecular weight excluding hydrogens is 501 g/mol. The molecule has 1 rings (SSSR count). The average molecular weight is 508 g/mol. The highest BCUT2D eigenvalue weighted by molar-refractivity contribution is 14.1. The number of hydrogen-bond donors (Lipinski definition) is 2. The minimum Gasteiger partial charge on any atom is -0.507 e. The van der Waals surface area contributed by atoms with Crippen molar-refractivity contribution in [2.75, 3.05) is 5.75 Å². The van der Waals surface area contributed by atoms with Crippen LogP contribution in [0.25, 0.3) is 0 Å². The van der Waals surface area contributed by atoms with Gasteiger partial charge in [-0.05, 0) is 40.8 Å². The number of ether oxygens (including phenoxy) is 1. The molecule has 142 valence electrons. The Kier molecular flexibility index (Phi) is 5.91. The molecule has 0 aliphatic carbocycles. The van der Waals surface area contributed by atoms with E-state index < -0.39 is 51.1 Å². The maximum atomic E-state index is 13.0. The first kappa shape index (κ1) is 21.8. The first-order valence-corrected chi connectivity index (χ1v) is 8.49. The molecule has 1 aromatic carbocycles. The Labute approximate surface area is 149 Å². The molecule has 14 heteroatoms. The molecular formula is C11H7F6IO6S. The standard InChI is InChI=1S/C11H7F6IO6S/c12-10(13,14)9(11(15,16)17,4-25(21,22)23)24-8(20)6-2-1-5(18)3-7(6)19/h1-3,19H,4H2,(H,21,22,23). The smallest absolute Gasteiger partial charge is 0.438 e. The molecule has 0 heterocycles. The van der Waals surface area contributed by atoms with Crippen molar-refractivity contribution in [1.82, 2.24) is 0 Å². The highest BCUT2D eigenvalue weighted by Gasteiger charge is 2.76. The van der Waals surface area contributed by atoms with Crippen LogP contribution in [-0.2, 0) is 14.9 Å². The lowest BCUT2D eigenvalue weighted by atomic mass is 10.1. The van der Waals surface area contributed by atoms with E-state index in [1.165, 1.54) is 0 Å². The summed E-state index contributed by atoms with van der Waals surface area (Å²) in [7, 11) is -5.87. The van der Waals surface area contributed by atoms with Gasteiger partial charge in [0, 0.05) is 3.57 Å². The number of phenolic OH excluding ortho intramolecular Hbond substituents is 1. The molecule has 0 radical (unpaired) electrons. The van der Waals surface area contributed by atoms with E-state index in [9.17, 15) is 44.7 Å². The maximum Gasteiger partial charge on any atom is 0.438 e. The van der Waals surface area contributed by atoms with Crippen LogP contribution in [0.1, 0.15) is 10.4 Å². The summed E-state index contributed by atoms with van der Waals surface area (Å²) in [6.45, 7) is 0. The Bertz CT molecular complexity index is 758. The zero-order valence-electron chi connectivity index (χ0n) is 11.5. The summed E-state index contributed by atoms with van der Waals surface area (Å²) in [5.74, 6) is -6.27. The van der Waals surface area contributed by atoms with Crippen molar-refractivity contribution in [3.63, 3.8) is 0 Å². The van der Waals surface area contributed by atoms with Crippen LogP contribution in [0.3, 0.4) is 0 Å². The van der Waals surface area contributed by atoms with Crippen LogP contribution < -0.4 is 0 Å². The first-order valence-electron chi connectivity index (χ1n) is 5.81. The molecule has 0 aliphatic heterocycles. The number of hydrogen-bond acceptors (Lipinski definition) is 5. The van der Waals surface area contributed by atoms with E-state index in [1.807, 2.05) is 0 Å². The summed E-state index contributed by atoms with van der Waals surface area (Å²) in [6.07, 6.45) is -12.9. The Morgan fingerprint density at radius 1 is 1.12 bits per heavy atom. The normalized spacial score (nSPS) is 13.6. The van der Waals surface area contributed by atoms with Crippen LogP contribution >= 0.6 is 22.6 Å². The van der Waals surface area contributed by atoms with Gasteiger partial charge in [0.1, 0.15) is 17.1 Å². The first-order chi connectivity index (χ1) is 11.0. The third-order valence-corrected chi connectivity index (χ3v) is 4.19. The van der Waals surface area contributed by atoms with Crippen molar-refractivity contribution >= 4 is 38.7 Å². The van der Waals surface area contributed by atoms with Gasteiger partial charge in [-0.25, -0.2) is 4.79 Å². The van der Waals surface area contributed by atoms with Gasteiger partial charge in [0.2, 0.25) is 0 Å². The number of halogens is 7. The zero-order chi connectivity index (χ0) is 19.8. The molecule has 6 nitrogen and oxygen atoms in total. The number of carbonyl (C=O) groups excluding carboxylic acids is 1. The molecule has 0 fully saturated rings. The third-order valence-electron chi connectivity index (χ3n) is 2.75. The van der Waals surface area contributed by atoms with Crippen LogP contribution in [0, 0.1) is 3.57 Å². The van der Waals surface area contributed by atoms with Crippen molar-refractivity contribution < 1.29 is 54.0 Å². The fourth-order valence-electron chi connectivity index (χ4n) is 1.62. The summed E-state index contributed by atoms with van der Waals surface area (Å²) in [5, 5.41) is 9.46. The predicted molar refractivity (Wildman–Crippen MR) is 77.5 cm³/mol. The molecule has 0 unspecified atom stereocenters. The van der Waals surface area contributed by atoms with Crippen molar-refractivity contribution in [2.45, 2.75) is 18.0 Å². The number of rotatable bonds is 4. The molecule has 0 amide bonds.